The molecule has 0 aromatic heterocycles. The number of aryl methyl sites for hydroxylation is 1. The van der Waals surface area contributed by atoms with Gasteiger partial charge >= 0.3 is 0 Å². The summed E-state index contributed by atoms with van der Waals surface area (Å²) in [5.74, 6) is -0.210. The van der Waals surface area contributed by atoms with E-state index in [4.69, 9.17) is 9.47 Å². The highest BCUT2D eigenvalue weighted by atomic mass is 16.5. The first-order valence-electron chi connectivity index (χ1n) is 10.2. The highest BCUT2D eigenvalue weighted by molar-refractivity contribution is 6.25. The molecule has 2 aromatic carbocycles. The summed E-state index contributed by atoms with van der Waals surface area (Å²) < 4.78 is 10.7. The number of rotatable bonds is 7. The van der Waals surface area contributed by atoms with Crippen LogP contribution in [0, 0.1) is 6.92 Å². The molecule has 4 rings (SSSR count). The molecule has 2 aliphatic heterocycles. The number of amides is 3. The highest BCUT2D eigenvalue weighted by Gasteiger charge is 2.55. The lowest BCUT2D eigenvalue weighted by Gasteiger charge is -2.20. The Bertz CT molecular complexity index is 1080. The Balaban J connectivity index is 1.47. The zero-order valence-electron chi connectivity index (χ0n) is 17.9. The van der Waals surface area contributed by atoms with Crippen molar-refractivity contribution in [1.29, 1.82) is 0 Å². The van der Waals surface area contributed by atoms with Crippen LogP contribution in [0.15, 0.2) is 52.8 Å². The number of imide groups is 1. The van der Waals surface area contributed by atoms with Crippen LogP contribution in [0.5, 0.6) is 11.5 Å². The number of ether oxygens (including phenoxy) is 2. The van der Waals surface area contributed by atoms with E-state index in [1.165, 1.54) is 12.1 Å². The molecule has 10 heteroatoms. The van der Waals surface area contributed by atoms with Gasteiger partial charge in [0.2, 0.25) is 5.91 Å². The van der Waals surface area contributed by atoms with E-state index < -0.39 is 29.8 Å². The number of nitrogens with one attached hydrogen (secondary N) is 1. The van der Waals surface area contributed by atoms with E-state index in [0.29, 0.717) is 29.5 Å². The average molecular weight is 437 g/mol. The Labute approximate surface area is 184 Å². The zero-order chi connectivity index (χ0) is 22.8. The second-order valence-corrected chi connectivity index (χ2v) is 7.38. The summed E-state index contributed by atoms with van der Waals surface area (Å²) in [4.78, 5) is 39.6. The summed E-state index contributed by atoms with van der Waals surface area (Å²) in [7, 11) is 1.51. The van der Waals surface area contributed by atoms with Crippen LogP contribution in [0.1, 0.15) is 12.5 Å². The van der Waals surface area contributed by atoms with Crippen LogP contribution in [0.2, 0.25) is 0 Å². The number of fused-ring (bicyclic) bond motifs is 1. The minimum atomic E-state index is -0.977. The third-order valence-corrected chi connectivity index (χ3v) is 5.20. The molecule has 1 fully saturated rings. The van der Waals surface area contributed by atoms with E-state index in [9.17, 15) is 14.4 Å². The van der Waals surface area contributed by atoms with Crippen LogP contribution in [-0.4, -0.2) is 55.1 Å². The Morgan fingerprint density at radius 3 is 2.56 bits per heavy atom. The standard InChI is InChI=1S/C22H23N5O5/c1-4-32-15-8-6-14(7-9-15)27-21(29)19-20(22(27)30)26(25-24-19)12-18(28)23-16-11-13(2)5-10-17(16)31-3/h5-11,19-20H,4,12H2,1-3H3,(H,23,28). The lowest BCUT2D eigenvalue weighted by Crippen LogP contribution is -2.43. The highest BCUT2D eigenvalue weighted by Crippen LogP contribution is 2.33. The molecular formula is C22H23N5O5. The predicted octanol–water partition coefficient (Wildman–Crippen LogP) is 2.33. The predicted molar refractivity (Wildman–Crippen MR) is 116 cm³/mol. The normalized spacial score (nSPS) is 19.3. The molecule has 1 N–H and O–H groups in total. The fourth-order valence-electron chi connectivity index (χ4n) is 3.72. The van der Waals surface area contributed by atoms with Crippen molar-refractivity contribution in [3.05, 3.63) is 48.0 Å². The van der Waals surface area contributed by atoms with Gasteiger partial charge in [0.05, 0.1) is 25.1 Å². The first-order valence-corrected chi connectivity index (χ1v) is 10.2. The summed E-state index contributed by atoms with van der Waals surface area (Å²) in [5, 5.41) is 11.9. The quantitative estimate of drug-likeness (QED) is 0.666. The van der Waals surface area contributed by atoms with Gasteiger partial charge in [0.1, 0.15) is 18.0 Å². The molecule has 0 bridgehead atoms. The summed E-state index contributed by atoms with van der Waals surface area (Å²) >= 11 is 0. The van der Waals surface area contributed by atoms with Gasteiger partial charge in [-0.15, -0.1) is 0 Å². The summed E-state index contributed by atoms with van der Waals surface area (Å²) in [6.45, 7) is 4.04. The fourth-order valence-corrected chi connectivity index (χ4v) is 3.72. The number of hydrogen-bond acceptors (Lipinski definition) is 8. The van der Waals surface area contributed by atoms with E-state index in [2.05, 4.69) is 15.7 Å². The number of anilines is 2. The molecule has 0 radical (unpaired) electrons. The van der Waals surface area contributed by atoms with Gasteiger partial charge in [-0.05, 0) is 55.8 Å². The van der Waals surface area contributed by atoms with Gasteiger partial charge in [0.15, 0.2) is 12.1 Å². The molecule has 166 valence electrons. The van der Waals surface area contributed by atoms with Crippen LogP contribution in [0.4, 0.5) is 11.4 Å². The van der Waals surface area contributed by atoms with Crippen LogP contribution in [0.3, 0.4) is 0 Å². The lowest BCUT2D eigenvalue weighted by molar-refractivity contribution is -0.123. The van der Waals surface area contributed by atoms with Crippen LogP contribution < -0.4 is 19.7 Å². The van der Waals surface area contributed by atoms with Gasteiger partial charge in [-0.1, -0.05) is 11.3 Å². The van der Waals surface area contributed by atoms with E-state index in [1.54, 1.807) is 36.4 Å². The molecule has 0 aliphatic carbocycles. The third kappa shape index (κ3) is 3.86. The van der Waals surface area contributed by atoms with E-state index >= 15 is 0 Å². The first-order chi connectivity index (χ1) is 15.4. The molecule has 10 nitrogen and oxygen atoms in total. The molecule has 0 spiro atoms. The van der Waals surface area contributed by atoms with Crippen molar-refractivity contribution in [2.75, 3.05) is 30.5 Å². The lowest BCUT2D eigenvalue weighted by atomic mass is 10.1. The minimum absolute atomic E-state index is 0.238. The Morgan fingerprint density at radius 1 is 1.12 bits per heavy atom. The topological polar surface area (TPSA) is 113 Å². The number of nitrogens with zero attached hydrogens (tertiary/aromatic N) is 4. The average Bonchev–Trinajstić information content (AvgIpc) is 3.29. The maximum Gasteiger partial charge on any atom is 0.263 e. The summed E-state index contributed by atoms with van der Waals surface area (Å²) in [5.41, 5.74) is 1.88. The maximum absolute atomic E-state index is 13.1. The molecular weight excluding hydrogens is 414 g/mol. The zero-order valence-corrected chi connectivity index (χ0v) is 17.9. The van der Waals surface area contributed by atoms with Crippen molar-refractivity contribution in [3.63, 3.8) is 0 Å². The van der Waals surface area contributed by atoms with Gasteiger partial charge in [0.25, 0.3) is 11.8 Å². The monoisotopic (exact) mass is 437 g/mol. The molecule has 2 aliphatic rings. The SMILES string of the molecule is CCOc1ccc(N2C(=O)C3N=NN(CC(=O)Nc4cc(C)ccc4OC)C3C2=O)cc1. The largest absolute Gasteiger partial charge is 0.495 e. The molecule has 2 atom stereocenters. The minimum Gasteiger partial charge on any atom is -0.495 e. The van der Waals surface area contributed by atoms with E-state index in [1.807, 2.05) is 19.9 Å². The Kier molecular flexibility index (Phi) is 5.76. The van der Waals surface area contributed by atoms with E-state index in [0.717, 1.165) is 10.5 Å². The Hall–Kier alpha value is -3.95. The molecule has 2 aromatic rings. The van der Waals surface area contributed by atoms with Crippen LogP contribution in [-0.2, 0) is 14.4 Å². The van der Waals surface area contributed by atoms with Gasteiger partial charge in [-0.3, -0.25) is 19.4 Å². The van der Waals surface area contributed by atoms with Crippen molar-refractivity contribution < 1.29 is 23.9 Å². The molecule has 1 saturated heterocycles. The fraction of sp³-hybridized carbons (Fsp3) is 0.318. The smallest absolute Gasteiger partial charge is 0.263 e. The number of hydrogen-bond donors (Lipinski definition) is 1. The van der Waals surface area contributed by atoms with Crippen LogP contribution >= 0.6 is 0 Å². The number of carbonyl (C=O) groups is 3. The molecule has 3 amide bonds. The number of benzene rings is 2. The van der Waals surface area contributed by atoms with Crippen molar-refractivity contribution in [2.24, 2.45) is 10.3 Å². The van der Waals surface area contributed by atoms with Gasteiger partial charge in [0, 0.05) is 0 Å². The summed E-state index contributed by atoms with van der Waals surface area (Å²) in [6.07, 6.45) is 0. The van der Waals surface area contributed by atoms with Crippen molar-refractivity contribution in [1.82, 2.24) is 5.01 Å². The van der Waals surface area contributed by atoms with Gasteiger partial charge in [-0.25, -0.2) is 4.90 Å². The molecule has 2 unspecified atom stereocenters. The van der Waals surface area contributed by atoms with Crippen molar-refractivity contribution >= 4 is 29.1 Å². The second-order valence-electron chi connectivity index (χ2n) is 7.38. The number of carbonyl (C=O) groups excluding carboxylic acids is 3. The Morgan fingerprint density at radius 2 is 1.88 bits per heavy atom. The number of methoxy groups -OCH3 is 1. The van der Waals surface area contributed by atoms with Crippen molar-refractivity contribution in [3.8, 4) is 11.5 Å². The second kappa shape index (κ2) is 8.66. The molecule has 32 heavy (non-hydrogen) atoms. The van der Waals surface area contributed by atoms with Gasteiger partial charge < -0.3 is 14.8 Å². The van der Waals surface area contributed by atoms with Gasteiger partial charge in [-0.2, -0.15) is 5.11 Å². The van der Waals surface area contributed by atoms with E-state index in [-0.39, 0.29) is 6.54 Å². The first kappa shape index (κ1) is 21.3. The molecule has 2 heterocycles. The van der Waals surface area contributed by atoms with Crippen molar-refractivity contribution in [2.45, 2.75) is 25.9 Å². The third-order valence-electron chi connectivity index (χ3n) is 5.20. The van der Waals surface area contributed by atoms with Crippen LogP contribution in [0.25, 0.3) is 0 Å². The molecule has 0 saturated carbocycles. The maximum atomic E-state index is 13.1. The summed E-state index contributed by atoms with van der Waals surface area (Å²) in [6, 6.07) is 10.1.